The molecule has 1 aliphatic heterocycles. The summed E-state index contributed by atoms with van der Waals surface area (Å²) < 4.78 is 0. The van der Waals surface area contributed by atoms with Gasteiger partial charge in [-0.2, -0.15) is 0 Å². The Balaban J connectivity index is 1.65. The molecule has 0 bridgehead atoms. The number of piperazine rings is 1. The molecule has 0 aromatic carbocycles. The quantitative estimate of drug-likeness (QED) is 0.747. The largest absolute Gasteiger partial charge is 0.343 e. The maximum atomic E-state index is 11.9. The van der Waals surface area contributed by atoms with Crippen molar-refractivity contribution in [1.82, 2.24) is 15.1 Å². The van der Waals surface area contributed by atoms with E-state index in [1.807, 2.05) is 11.9 Å². The summed E-state index contributed by atoms with van der Waals surface area (Å²) in [5.74, 6) is 0.322. The fourth-order valence-electron chi connectivity index (χ4n) is 2.34. The Morgan fingerprint density at radius 2 is 2.06 bits per heavy atom. The lowest BCUT2D eigenvalue weighted by Crippen LogP contribution is -2.46. The minimum atomic E-state index is 0.322. The van der Waals surface area contributed by atoms with Gasteiger partial charge < -0.3 is 15.1 Å². The summed E-state index contributed by atoms with van der Waals surface area (Å²) >= 11 is 0. The van der Waals surface area contributed by atoms with Gasteiger partial charge in [0.1, 0.15) is 0 Å². The molecular weight excluding hydrogens is 202 g/mol. The van der Waals surface area contributed by atoms with Gasteiger partial charge in [-0.1, -0.05) is 0 Å². The Labute approximate surface area is 98.0 Å². The van der Waals surface area contributed by atoms with Gasteiger partial charge in [0, 0.05) is 52.2 Å². The van der Waals surface area contributed by atoms with Crippen LogP contribution in [-0.4, -0.2) is 61.5 Å². The lowest BCUT2D eigenvalue weighted by Gasteiger charge is -2.35. The molecule has 1 heterocycles. The molecule has 2 aliphatic rings. The van der Waals surface area contributed by atoms with Crippen molar-refractivity contribution in [3.63, 3.8) is 0 Å². The molecule has 0 unspecified atom stereocenters. The second-order valence-electron chi connectivity index (χ2n) is 4.93. The van der Waals surface area contributed by atoms with Crippen molar-refractivity contribution in [3.8, 4) is 0 Å². The van der Waals surface area contributed by atoms with Gasteiger partial charge in [0.05, 0.1) is 0 Å². The molecule has 1 saturated heterocycles. The molecule has 4 heteroatoms. The molecule has 0 aromatic rings. The fraction of sp³-hybridized carbons (Fsp3) is 0.917. The first-order chi connectivity index (χ1) is 7.77. The third kappa shape index (κ3) is 2.95. The summed E-state index contributed by atoms with van der Waals surface area (Å²) in [5, 5.41) is 3.32. The lowest BCUT2D eigenvalue weighted by atomic mass is 9.92. The summed E-state index contributed by atoms with van der Waals surface area (Å²) in [5.41, 5.74) is 0. The molecule has 1 N–H and O–H groups in total. The van der Waals surface area contributed by atoms with Crippen molar-refractivity contribution in [2.24, 2.45) is 0 Å². The predicted octanol–water partition coefficient (Wildman–Crippen LogP) is 0.293. The van der Waals surface area contributed by atoms with Gasteiger partial charge in [0.25, 0.3) is 0 Å². The van der Waals surface area contributed by atoms with Gasteiger partial charge >= 0.3 is 0 Å². The van der Waals surface area contributed by atoms with Crippen LogP contribution in [0.1, 0.15) is 25.7 Å². The number of hydrogen-bond donors (Lipinski definition) is 1. The smallest absolute Gasteiger partial charge is 0.223 e. The molecule has 0 spiro atoms. The highest BCUT2D eigenvalue weighted by Crippen LogP contribution is 2.23. The first kappa shape index (κ1) is 11.9. The number of nitrogens with one attached hydrogen (secondary N) is 1. The van der Waals surface area contributed by atoms with Crippen LogP contribution in [0.4, 0.5) is 0 Å². The highest BCUT2D eigenvalue weighted by atomic mass is 16.2. The van der Waals surface area contributed by atoms with Gasteiger partial charge in [-0.25, -0.2) is 0 Å². The average molecular weight is 225 g/mol. The molecule has 0 radical (unpaired) electrons. The van der Waals surface area contributed by atoms with Crippen LogP contribution in [0.15, 0.2) is 0 Å². The van der Waals surface area contributed by atoms with Gasteiger partial charge in [-0.3, -0.25) is 4.79 Å². The molecule has 16 heavy (non-hydrogen) atoms. The normalized spacial score (nSPS) is 22.8. The molecule has 0 atom stereocenters. The summed E-state index contributed by atoms with van der Waals surface area (Å²) in [7, 11) is 1.96. The lowest BCUT2D eigenvalue weighted by molar-refractivity contribution is -0.133. The third-order valence-electron chi connectivity index (χ3n) is 3.87. The molecule has 4 nitrogen and oxygen atoms in total. The zero-order valence-electron chi connectivity index (χ0n) is 10.2. The maximum absolute atomic E-state index is 11.9. The van der Waals surface area contributed by atoms with E-state index in [4.69, 9.17) is 0 Å². The van der Waals surface area contributed by atoms with Gasteiger partial charge in [0.15, 0.2) is 0 Å². The molecule has 1 aliphatic carbocycles. The van der Waals surface area contributed by atoms with E-state index < -0.39 is 0 Å². The Kier molecular flexibility index (Phi) is 4.18. The van der Waals surface area contributed by atoms with Crippen LogP contribution in [-0.2, 0) is 4.79 Å². The van der Waals surface area contributed by atoms with E-state index >= 15 is 0 Å². The second-order valence-corrected chi connectivity index (χ2v) is 4.93. The van der Waals surface area contributed by atoms with Crippen LogP contribution >= 0.6 is 0 Å². The van der Waals surface area contributed by atoms with Crippen LogP contribution in [0.25, 0.3) is 0 Å². The van der Waals surface area contributed by atoms with E-state index in [0.717, 1.165) is 32.7 Å². The number of carbonyl (C=O) groups excluding carboxylic acids is 1. The Morgan fingerprint density at radius 3 is 2.62 bits per heavy atom. The van der Waals surface area contributed by atoms with Crippen LogP contribution in [0, 0.1) is 0 Å². The Hall–Kier alpha value is -0.610. The number of hydrogen-bond acceptors (Lipinski definition) is 3. The van der Waals surface area contributed by atoms with E-state index in [9.17, 15) is 4.79 Å². The summed E-state index contributed by atoms with van der Waals surface area (Å²) in [6.07, 6.45) is 4.39. The van der Waals surface area contributed by atoms with Gasteiger partial charge in [-0.05, 0) is 19.3 Å². The van der Waals surface area contributed by atoms with Crippen LogP contribution < -0.4 is 5.32 Å². The van der Waals surface area contributed by atoms with E-state index in [0.29, 0.717) is 18.4 Å². The minimum Gasteiger partial charge on any atom is -0.343 e. The Morgan fingerprint density at radius 1 is 1.38 bits per heavy atom. The first-order valence-electron chi connectivity index (χ1n) is 6.46. The predicted molar refractivity (Wildman–Crippen MR) is 64.3 cm³/mol. The third-order valence-corrected chi connectivity index (χ3v) is 3.87. The zero-order chi connectivity index (χ0) is 11.4. The van der Waals surface area contributed by atoms with Crippen molar-refractivity contribution < 1.29 is 4.79 Å². The summed E-state index contributed by atoms with van der Waals surface area (Å²) in [4.78, 5) is 16.2. The average Bonchev–Trinajstić information content (AvgIpc) is 2.25. The summed E-state index contributed by atoms with van der Waals surface area (Å²) in [6.45, 7) is 5.22. The van der Waals surface area contributed by atoms with E-state index in [-0.39, 0.29) is 0 Å². The number of amides is 1. The molecule has 92 valence electrons. The molecule has 1 amide bonds. The first-order valence-corrected chi connectivity index (χ1v) is 6.46. The molecular formula is C12H23N3O. The van der Waals surface area contributed by atoms with Gasteiger partial charge in [0.2, 0.25) is 5.91 Å². The second kappa shape index (κ2) is 5.64. The van der Waals surface area contributed by atoms with Crippen molar-refractivity contribution in [1.29, 1.82) is 0 Å². The van der Waals surface area contributed by atoms with E-state index in [2.05, 4.69) is 10.2 Å². The maximum Gasteiger partial charge on any atom is 0.223 e. The minimum absolute atomic E-state index is 0.322. The standard InChI is InChI=1S/C12H23N3O/c1-14(11-3-2-4-11)12(16)5-8-15-9-6-13-7-10-15/h11,13H,2-10H2,1H3. The SMILES string of the molecule is CN(C(=O)CCN1CCNCC1)C1CCC1. The van der Waals surface area contributed by atoms with E-state index in [1.54, 1.807) is 0 Å². The highest BCUT2D eigenvalue weighted by molar-refractivity contribution is 5.76. The summed E-state index contributed by atoms with van der Waals surface area (Å²) in [6, 6.07) is 0.538. The zero-order valence-corrected chi connectivity index (χ0v) is 10.2. The fourth-order valence-corrected chi connectivity index (χ4v) is 2.34. The number of carbonyl (C=O) groups is 1. The topological polar surface area (TPSA) is 35.6 Å². The van der Waals surface area contributed by atoms with Crippen molar-refractivity contribution >= 4 is 5.91 Å². The van der Waals surface area contributed by atoms with Crippen LogP contribution in [0.2, 0.25) is 0 Å². The van der Waals surface area contributed by atoms with Crippen LogP contribution in [0.3, 0.4) is 0 Å². The Bertz CT molecular complexity index is 234. The van der Waals surface area contributed by atoms with Gasteiger partial charge in [-0.15, -0.1) is 0 Å². The molecule has 1 saturated carbocycles. The highest BCUT2D eigenvalue weighted by Gasteiger charge is 2.25. The number of rotatable bonds is 4. The van der Waals surface area contributed by atoms with E-state index in [1.165, 1.54) is 19.3 Å². The van der Waals surface area contributed by atoms with Crippen molar-refractivity contribution in [3.05, 3.63) is 0 Å². The molecule has 0 aromatic heterocycles. The molecule has 2 rings (SSSR count). The number of nitrogens with zero attached hydrogens (tertiary/aromatic N) is 2. The molecule has 2 fully saturated rings. The van der Waals surface area contributed by atoms with Crippen molar-refractivity contribution in [2.75, 3.05) is 39.8 Å². The van der Waals surface area contributed by atoms with Crippen molar-refractivity contribution in [2.45, 2.75) is 31.7 Å². The van der Waals surface area contributed by atoms with Crippen LogP contribution in [0.5, 0.6) is 0 Å². The monoisotopic (exact) mass is 225 g/mol.